The second kappa shape index (κ2) is 13.5. The number of aromatic nitrogens is 3. The van der Waals surface area contributed by atoms with Crippen molar-refractivity contribution in [1.82, 2.24) is 15.0 Å². The highest BCUT2D eigenvalue weighted by Gasteiger charge is 2.19. The highest BCUT2D eigenvalue weighted by Crippen LogP contribution is 2.42. The summed E-state index contributed by atoms with van der Waals surface area (Å²) in [6.07, 6.45) is 0. The van der Waals surface area contributed by atoms with Crippen LogP contribution in [0.3, 0.4) is 0 Å². The lowest BCUT2D eigenvalue weighted by atomic mass is 9.98. The molecular formula is C51H31N3S2. The van der Waals surface area contributed by atoms with Gasteiger partial charge in [0.1, 0.15) is 0 Å². The minimum Gasteiger partial charge on any atom is -0.208 e. The van der Waals surface area contributed by atoms with Crippen molar-refractivity contribution in [3.05, 3.63) is 187 Å². The summed E-state index contributed by atoms with van der Waals surface area (Å²) < 4.78 is 275. The molecule has 56 heavy (non-hydrogen) atoms. The molecule has 0 saturated heterocycles. The van der Waals surface area contributed by atoms with Crippen molar-refractivity contribution in [3.63, 3.8) is 0 Å². The smallest absolute Gasteiger partial charge is 0.165 e. The van der Waals surface area contributed by atoms with E-state index in [1.165, 1.54) is 0 Å². The van der Waals surface area contributed by atoms with Gasteiger partial charge in [0.2, 0.25) is 0 Å². The first-order valence-electron chi connectivity index (χ1n) is 31.7. The van der Waals surface area contributed by atoms with Gasteiger partial charge in [-0.05, 0) is 51.5 Å². The molecule has 5 heteroatoms. The van der Waals surface area contributed by atoms with E-state index in [1.54, 1.807) is 0 Å². The first kappa shape index (κ1) is 14.1. The Bertz CT molecular complexity index is 4990. The van der Waals surface area contributed by atoms with Crippen molar-refractivity contribution in [2.45, 2.75) is 0 Å². The molecule has 0 aliphatic rings. The minimum atomic E-state index is -1.11. The van der Waals surface area contributed by atoms with Gasteiger partial charge in [-0.3, -0.25) is 0 Å². The number of rotatable bonds is 6. The zero-order valence-electron chi connectivity index (χ0n) is 58.7. The van der Waals surface area contributed by atoms with Crippen molar-refractivity contribution in [3.8, 4) is 67.5 Å². The van der Waals surface area contributed by atoms with Crippen LogP contribution < -0.4 is 0 Å². The van der Waals surface area contributed by atoms with Gasteiger partial charge < -0.3 is 0 Å². The van der Waals surface area contributed by atoms with E-state index in [0.717, 1.165) is 0 Å². The molecule has 0 N–H and O–H groups in total. The zero-order valence-corrected chi connectivity index (χ0v) is 29.3. The average Bonchev–Trinajstić information content (AvgIpc) is 1.71. The van der Waals surface area contributed by atoms with Crippen LogP contribution in [0.1, 0.15) is 42.5 Å². The van der Waals surface area contributed by atoms with E-state index in [0.29, 0.717) is 22.7 Å². The molecule has 3 aromatic heterocycles. The third-order valence-corrected chi connectivity index (χ3v) is 10.6. The molecule has 11 rings (SSSR count). The molecule has 0 bridgehead atoms. The largest absolute Gasteiger partial charge is 0.208 e. The summed E-state index contributed by atoms with van der Waals surface area (Å²) in [6.45, 7) is 0. The lowest BCUT2D eigenvalue weighted by Gasteiger charge is -2.12. The highest BCUT2D eigenvalue weighted by atomic mass is 32.1. The molecule has 0 spiro atoms. The van der Waals surface area contributed by atoms with E-state index in [-0.39, 0.29) is 40.3 Å². The fourth-order valence-corrected chi connectivity index (χ4v) is 7.99. The van der Waals surface area contributed by atoms with Crippen LogP contribution in [0, 0.1) is 0 Å². The van der Waals surface area contributed by atoms with Gasteiger partial charge in [-0.15, -0.1) is 22.7 Å². The summed E-state index contributed by atoms with van der Waals surface area (Å²) in [5.74, 6) is -2.66. The minimum absolute atomic E-state index is 0.107. The molecule has 0 unspecified atom stereocenters. The molecule has 8 aromatic carbocycles. The van der Waals surface area contributed by atoms with Crippen molar-refractivity contribution < 1.29 is 42.5 Å². The summed E-state index contributed by atoms with van der Waals surface area (Å²) in [6, 6.07) is -26.9. The van der Waals surface area contributed by atoms with Crippen molar-refractivity contribution >= 4 is 63.0 Å². The predicted molar refractivity (Wildman–Crippen MR) is 238 cm³/mol. The molecule has 11 aromatic rings. The Morgan fingerprint density at radius 1 is 0.286 bits per heavy atom. The first-order chi connectivity index (χ1) is 40.6. The maximum Gasteiger partial charge on any atom is 0.165 e. The van der Waals surface area contributed by atoms with Gasteiger partial charge in [0, 0.05) is 57.0 Å². The van der Waals surface area contributed by atoms with Crippen LogP contribution in [-0.4, -0.2) is 15.0 Å². The Hall–Kier alpha value is -6.79. The molecule has 0 aliphatic carbocycles. The van der Waals surface area contributed by atoms with Crippen LogP contribution >= 0.6 is 22.7 Å². The van der Waals surface area contributed by atoms with E-state index < -0.39 is 255 Å². The first-order valence-corrected chi connectivity index (χ1v) is 17.8. The van der Waals surface area contributed by atoms with Gasteiger partial charge in [0.25, 0.3) is 0 Å². The number of hydrogen-bond donors (Lipinski definition) is 0. The topological polar surface area (TPSA) is 38.7 Å². The summed E-state index contributed by atoms with van der Waals surface area (Å²) in [5, 5.41) is -1.01. The van der Waals surface area contributed by atoms with Crippen LogP contribution in [0.25, 0.3) is 108 Å². The molecule has 0 fully saturated rings. The third kappa shape index (κ3) is 5.60. The number of hydrogen-bond acceptors (Lipinski definition) is 5. The van der Waals surface area contributed by atoms with Crippen LogP contribution in [0.2, 0.25) is 0 Å². The van der Waals surface area contributed by atoms with Gasteiger partial charge in [-0.1, -0.05) is 169 Å². The van der Waals surface area contributed by atoms with Gasteiger partial charge >= 0.3 is 0 Å². The monoisotopic (exact) mass is 780 g/mol. The summed E-state index contributed by atoms with van der Waals surface area (Å²) in [5.41, 5.74) is -6.73. The number of nitrogens with zero attached hydrogens (tertiary/aromatic N) is 3. The third-order valence-electron chi connectivity index (χ3n) is 8.37. The normalized spacial score (nSPS) is 19.3. The second-order valence-electron chi connectivity index (χ2n) is 11.6. The lowest BCUT2D eigenvalue weighted by molar-refractivity contribution is 1.08. The van der Waals surface area contributed by atoms with Crippen LogP contribution in [0.5, 0.6) is 0 Å². The molecule has 3 nitrogen and oxygen atoms in total. The molecule has 3 heterocycles. The van der Waals surface area contributed by atoms with Crippen molar-refractivity contribution in [2.75, 3.05) is 0 Å². The number of benzene rings is 8. The number of fused-ring (bicyclic) bond motifs is 6. The van der Waals surface area contributed by atoms with Crippen LogP contribution in [-0.2, 0) is 0 Å². The molecule has 0 atom stereocenters. The second-order valence-corrected chi connectivity index (χ2v) is 13.6. The van der Waals surface area contributed by atoms with Crippen molar-refractivity contribution in [1.29, 1.82) is 0 Å². The maximum atomic E-state index is 9.53. The van der Waals surface area contributed by atoms with E-state index in [1.807, 2.05) is 0 Å². The Morgan fingerprint density at radius 2 is 0.696 bits per heavy atom. The molecule has 0 radical (unpaired) electrons. The summed E-state index contributed by atoms with van der Waals surface area (Å²) in [7, 11) is 0. The molecule has 0 amide bonds. The standard InChI is InChI=1S/C51H31N3S2/c1-2-12-34(13-3-1)37-14-4-5-17-43(37)50-52-49(53-51(54-50)44-21-11-20-42-40-16-7-9-23-46(40)56-48(42)44)36-30-26-33(27-31-36)32-24-28-35(29-25-32)38-18-10-19-41-39-15-6-8-22-45(39)55-47(38)41/h1-31H/i1D,2D,3D,4D,5D,6D,7D,8D,9D,10D,11D,12D,13D,14D,15D,16D,17D,18D,19D,20D,21D,22D,23D,24D,25D,26D,27D,28D,29D,30D,31D. The van der Waals surface area contributed by atoms with Crippen LogP contribution in [0.15, 0.2) is 187 Å². The Labute approximate surface area is 375 Å². The van der Waals surface area contributed by atoms with E-state index in [9.17, 15) is 13.7 Å². The fraction of sp³-hybridized carbons (Fsp3) is 0. The van der Waals surface area contributed by atoms with Crippen molar-refractivity contribution in [2.24, 2.45) is 0 Å². The highest BCUT2D eigenvalue weighted by molar-refractivity contribution is 7.26. The van der Waals surface area contributed by atoms with Crippen LogP contribution in [0.4, 0.5) is 0 Å². The average molecular weight is 781 g/mol. The quantitative estimate of drug-likeness (QED) is 0.169. The Balaban J connectivity index is 1.23. The van der Waals surface area contributed by atoms with E-state index in [2.05, 4.69) is 15.0 Å². The Kier molecular flexibility index (Phi) is 3.39. The van der Waals surface area contributed by atoms with Gasteiger partial charge in [0.05, 0.1) is 42.5 Å². The van der Waals surface area contributed by atoms with Gasteiger partial charge in [0.15, 0.2) is 17.5 Å². The predicted octanol–water partition coefficient (Wildman–Crippen LogP) is 14.6. The summed E-state index contributed by atoms with van der Waals surface area (Å²) >= 11 is 1.25. The molecule has 0 aliphatic heterocycles. The SMILES string of the molecule is [2H]c1c([2H])c([2H])c(-c2c([2H])c([2H])c([2H])c([2H])c2-c2nc(-c3c([2H])c([2H])c(-c4c([2H])c([2H])c(-c5c([2H])c([2H])c([2H])c6c5sc5c([2H])c([2H])c([2H])c([2H])c56)c([2H])c4[2H])c([2H])c3[2H])nc(-c3c([2H])c([2H])c([2H])c4c3sc3c([2H])c([2H])c([2H])c([2H])c34)n2)c([2H])c1[2H]. The maximum absolute atomic E-state index is 9.53. The van der Waals surface area contributed by atoms with Gasteiger partial charge in [-0.25, -0.2) is 15.0 Å². The fourth-order valence-electron chi connectivity index (χ4n) is 5.86. The molecule has 262 valence electrons. The Morgan fingerprint density at radius 3 is 1.34 bits per heavy atom. The molecular weight excluding hydrogens is 719 g/mol. The zero-order chi connectivity index (χ0) is 64.0. The number of thiophene rings is 2. The lowest BCUT2D eigenvalue weighted by Crippen LogP contribution is -2.01. The van der Waals surface area contributed by atoms with E-state index >= 15 is 0 Å². The van der Waals surface area contributed by atoms with Gasteiger partial charge in [-0.2, -0.15) is 0 Å². The molecule has 0 saturated carbocycles. The van der Waals surface area contributed by atoms with E-state index in [4.69, 9.17) is 28.8 Å². The summed E-state index contributed by atoms with van der Waals surface area (Å²) in [4.78, 5) is 13.4.